The lowest BCUT2D eigenvalue weighted by atomic mass is 10.2. The topological polar surface area (TPSA) is 81.8 Å². The van der Waals surface area contributed by atoms with E-state index in [0.29, 0.717) is 21.9 Å². The van der Waals surface area contributed by atoms with Crippen molar-refractivity contribution < 1.29 is 4.79 Å². The standard InChI is InChI=1S/C23H23N5O2S/c1-15(2)28-20(12-13-24-28)26-21(29)14-31-23-25-18-10-6-5-9-17(18)22(30)27(23)19-11-7-4-8-16(19)3/h4-13,15H,14H2,1-3H3,(H,26,29). The summed E-state index contributed by atoms with van der Waals surface area (Å²) in [4.78, 5) is 30.7. The zero-order valence-electron chi connectivity index (χ0n) is 17.6. The fourth-order valence-electron chi connectivity index (χ4n) is 3.37. The van der Waals surface area contributed by atoms with Crippen LogP contribution in [0.5, 0.6) is 0 Å². The van der Waals surface area contributed by atoms with Crippen LogP contribution in [0.2, 0.25) is 0 Å². The highest BCUT2D eigenvalue weighted by Crippen LogP contribution is 2.23. The molecule has 4 rings (SSSR count). The Morgan fingerprint density at radius 3 is 2.61 bits per heavy atom. The van der Waals surface area contributed by atoms with E-state index in [-0.39, 0.29) is 23.3 Å². The molecule has 31 heavy (non-hydrogen) atoms. The number of aromatic nitrogens is 4. The molecule has 0 radical (unpaired) electrons. The number of amides is 1. The first kappa shape index (κ1) is 20.9. The van der Waals surface area contributed by atoms with Crippen LogP contribution in [0.4, 0.5) is 5.82 Å². The summed E-state index contributed by atoms with van der Waals surface area (Å²) in [5.74, 6) is 0.564. The Bertz CT molecular complexity index is 1310. The average Bonchev–Trinajstić information content (AvgIpc) is 3.22. The molecule has 0 saturated heterocycles. The predicted molar refractivity (Wildman–Crippen MR) is 124 cm³/mol. The van der Waals surface area contributed by atoms with Crippen LogP contribution < -0.4 is 10.9 Å². The van der Waals surface area contributed by atoms with Gasteiger partial charge in [0.15, 0.2) is 5.16 Å². The summed E-state index contributed by atoms with van der Waals surface area (Å²) < 4.78 is 3.34. The maximum atomic E-state index is 13.3. The molecule has 0 bridgehead atoms. The van der Waals surface area contributed by atoms with Gasteiger partial charge in [-0.3, -0.25) is 14.2 Å². The fourth-order valence-corrected chi connectivity index (χ4v) is 4.18. The van der Waals surface area contributed by atoms with Gasteiger partial charge in [0.2, 0.25) is 5.91 Å². The van der Waals surface area contributed by atoms with Gasteiger partial charge in [0.1, 0.15) is 5.82 Å². The Morgan fingerprint density at radius 2 is 1.84 bits per heavy atom. The largest absolute Gasteiger partial charge is 0.310 e. The average molecular weight is 434 g/mol. The van der Waals surface area contributed by atoms with E-state index in [0.717, 1.165) is 11.3 Å². The van der Waals surface area contributed by atoms with Gasteiger partial charge in [-0.05, 0) is 44.5 Å². The Morgan fingerprint density at radius 1 is 1.10 bits per heavy atom. The third-order valence-corrected chi connectivity index (χ3v) is 5.80. The van der Waals surface area contributed by atoms with Crippen molar-refractivity contribution in [2.45, 2.75) is 32.0 Å². The highest BCUT2D eigenvalue weighted by Gasteiger charge is 2.16. The van der Waals surface area contributed by atoms with E-state index in [1.807, 2.05) is 63.2 Å². The van der Waals surface area contributed by atoms with Crippen molar-refractivity contribution in [3.8, 4) is 5.69 Å². The van der Waals surface area contributed by atoms with Crippen LogP contribution in [0.25, 0.3) is 16.6 Å². The van der Waals surface area contributed by atoms with Gasteiger partial charge in [-0.1, -0.05) is 42.1 Å². The van der Waals surface area contributed by atoms with Crippen molar-refractivity contribution in [1.82, 2.24) is 19.3 Å². The monoisotopic (exact) mass is 433 g/mol. The van der Waals surface area contributed by atoms with Gasteiger partial charge < -0.3 is 5.32 Å². The Balaban J connectivity index is 1.67. The first-order valence-corrected chi connectivity index (χ1v) is 11.0. The van der Waals surface area contributed by atoms with Crippen molar-refractivity contribution in [3.05, 3.63) is 76.7 Å². The smallest absolute Gasteiger partial charge is 0.266 e. The minimum Gasteiger partial charge on any atom is -0.310 e. The molecule has 2 aromatic heterocycles. The Labute approximate surface area is 184 Å². The van der Waals surface area contributed by atoms with Crippen LogP contribution >= 0.6 is 11.8 Å². The number of aryl methyl sites for hydroxylation is 1. The molecular formula is C23H23N5O2S. The minimum absolute atomic E-state index is 0.111. The van der Waals surface area contributed by atoms with Gasteiger partial charge in [0, 0.05) is 12.1 Å². The van der Waals surface area contributed by atoms with E-state index in [4.69, 9.17) is 4.98 Å². The number of fused-ring (bicyclic) bond motifs is 1. The first-order chi connectivity index (χ1) is 15.0. The molecule has 4 aromatic rings. The van der Waals surface area contributed by atoms with E-state index in [2.05, 4.69) is 10.4 Å². The van der Waals surface area contributed by atoms with Crippen molar-refractivity contribution in [2.75, 3.05) is 11.1 Å². The summed E-state index contributed by atoms with van der Waals surface area (Å²) in [5, 5.41) is 8.14. The molecule has 0 atom stereocenters. The maximum absolute atomic E-state index is 13.3. The number of carbonyl (C=O) groups is 1. The Kier molecular flexibility index (Phi) is 5.90. The van der Waals surface area contributed by atoms with E-state index in [9.17, 15) is 9.59 Å². The van der Waals surface area contributed by atoms with Crippen LogP contribution in [0.1, 0.15) is 25.5 Å². The molecule has 2 heterocycles. The molecule has 0 aliphatic rings. The number of anilines is 1. The zero-order chi connectivity index (χ0) is 22.0. The summed E-state index contributed by atoms with van der Waals surface area (Å²) in [7, 11) is 0. The van der Waals surface area contributed by atoms with Gasteiger partial charge in [-0.2, -0.15) is 5.10 Å². The highest BCUT2D eigenvalue weighted by molar-refractivity contribution is 7.99. The van der Waals surface area contributed by atoms with Crippen molar-refractivity contribution in [2.24, 2.45) is 0 Å². The van der Waals surface area contributed by atoms with Gasteiger partial charge in [0.05, 0.1) is 28.5 Å². The van der Waals surface area contributed by atoms with Gasteiger partial charge in [-0.25, -0.2) is 9.67 Å². The molecule has 0 fully saturated rings. The van der Waals surface area contributed by atoms with E-state index >= 15 is 0 Å². The maximum Gasteiger partial charge on any atom is 0.266 e. The molecular weight excluding hydrogens is 410 g/mol. The number of hydrogen-bond donors (Lipinski definition) is 1. The van der Waals surface area contributed by atoms with Crippen molar-refractivity contribution in [1.29, 1.82) is 0 Å². The summed E-state index contributed by atoms with van der Waals surface area (Å²) in [6.45, 7) is 5.94. The number of para-hydroxylation sites is 2. The first-order valence-electron chi connectivity index (χ1n) is 9.99. The van der Waals surface area contributed by atoms with Crippen LogP contribution in [0.15, 0.2) is 70.7 Å². The zero-order valence-corrected chi connectivity index (χ0v) is 18.4. The molecule has 0 spiro atoms. The van der Waals surface area contributed by atoms with Crippen LogP contribution in [0.3, 0.4) is 0 Å². The second kappa shape index (κ2) is 8.77. The molecule has 0 aliphatic heterocycles. The molecule has 0 aliphatic carbocycles. The second-order valence-electron chi connectivity index (χ2n) is 7.43. The molecule has 2 aromatic carbocycles. The third-order valence-electron chi connectivity index (χ3n) is 4.86. The number of benzene rings is 2. The quantitative estimate of drug-likeness (QED) is 0.364. The Hall–Kier alpha value is -3.39. The minimum atomic E-state index is -0.189. The fraction of sp³-hybridized carbons (Fsp3) is 0.217. The SMILES string of the molecule is Cc1ccccc1-n1c(SCC(=O)Nc2ccnn2C(C)C)nc2ccccc2c1=O. The number of rotatable bonds is 6. The lowest BCUT2D eigenvalue weighted by Gasteiger charge is -2.15. The van der Waals surface area contributed by atoms with E-state index < -0.39 is 0 Å². The van der Waals surface area contributed by atoms with Gasteiger partial charge in [-0.15, -0.1) is 0 Å². The van der Waals surface area contributed by atoms with Crippen molar-refractivity contribution >= 4 is 34.4 Å². The number of thioether (sulfide) groups is 1. The molecule has 8 heteroatoms. The number of nitrogens with zero attached hydrogens (tertiary/aromatic N) is 4. The number of hydrogen-bond acceptors (Lipinski definition) is 5. The van der Waals surface area contributed by atoms with Crippen LogP contribution in [-0.2, 0) is 4.79 Å². The predicted octanol–water partition coefficient (Wildman–Crippen LogP) is 4.20. The molecule has 7 nitrogen and oxygen atoms in total. The lowest BCUT2D eigenvalue weighted by Crippen LogP contribution is -2.24. The summed E-state index contributed by atoms with van der Waals surface area (Å²) in [6, 6.07) is 16.8. The number of carbonyl (C=O) groups excluding carboxylic acids is 1. The summed E-state index contributed by atoms with van der Waals surface area (Å²) in [6.07, 6.45) is 1.66. The van der Waals surface area contributed by atoms with Crippen LogP contribution in [0, 0.1) is 6.92 Å². The summed E-state index contributed by atoms with van der Waals surface area (Å²) in [5.41, 5.74) is 2.17. The molecule has 1 amide bonds. The molecule has 158 valence electrons. The normalized spacial score (nSPS) is 11.2. The van der Waals surface area contributed by atoms with E-state index in [1.54, 1.807) is 27.6 Å². The van der Waals surface area contributed by atoms with E-state index in [1.165, 1.54) is 11.8 Å². The molecule has 0 unspecified atom stereocenters. The van der Waals surface area contributed by atoms with Gasteiger partial charge >= 0.3 is 0 Å². The van der Waals surface area contributed by atoms with Crippen molar-refractivity contribution in [3.63, 3.8) is 0 Å². The second-order valence-corrected chi connectivity index (χ2v) is 8.37. The lowest BCUT2D eigenvalue weighted by molar-refractivity contribution is -0.113. The van der Waals surface area contributed by atoms with Gasteiger partial charge in [0.25, 0.3) is 5.56 Å². The molecule has 1 N–H and O–H groups in total. The molecule has 0 saturated carbocycles. The summed E-state index contributed by atoms with van der Waals surface area (Å²) >= 11 is 1.23. The van der Waals surface area contributed by atoms with Crippen LogP contribution in [-0.4, -0.2) is 31.0 Å². The highest BCUT2D eigenvalue weighted by atomic mass is 32.2. The third kappa shape index (κ3) is 4.25. The number of nitrogens with one attached hydrogen (secondary N) is 1.